The topological polar surface area (TPSA) is 92.4 Å². The van der Waals surface area contributed by atoms with Crippen LogP contribution < -0.4 is 5.32 Å². The van der Waals surface area contributed by atoms with E-state index in [1.165, 1.54) is 0 Å². The fraction of sp³-hybridized carbons (Fsp3) is 0.118. The average molecular weight is 345 g/mol. The van der Waals surface area contributed by atoms with Gasteiger partial charge in [-0.1, -0.05) is 23.7 Å². The third-order valence-electron chi connectivity index (χ3n) is 3.35. The number of aliphatic carboxylic acids is 1. The highest BCUT2D eigenvalue weighted by Crippen LogP contribution is 2.31. The van der Waals surface area contributed by atoms with E-state index in [-0.39, 0.29) is 18.7 Å². The molecule has 0 spiro atoms. The second kappa shape index (κ2) is 6.72. The molecule has 1 heterocycles. The number of carboxylic acid groups (broad SMARTS) is 1. The Labute approximate surface area is 142 Å². The highest BCUT2D eigenvalue weighted by molar-refractivity contribution is 6.31. The summed E-state index contributed by atoms with van der Waals surface area (Å²) in [6.45, 7) is 0. The molecule has 0 saturated heterocycles. The van der Waals surface area contributed by atoms with E-state index in [1.54, 1.807) is 42.5 Å². The number of halogens is 1. The van der Waals surface area contributed by atoms with E-state index >= 15 is 0 Å². The van der Waals surface area contributed by atoms with Crippen LogP contribution in [-0.2, 0) is 9.59 Å². The molecule has 3 aromatic rings. The molecule has 2 aromatic carbocycles. The molecule has 24 heavy (non-hydrogen) atoms. The SMILES string of the molecule is O=C(O)CCC(=O)Nc1ccccc1-c1nc2cc(Cl)ccc2o1. The molecule has 0 unspecified atom stereocenters. The Morgan fingerprint density at radius 1 is 1.17 bits per heavy atom. The smallest absolute Gasteiger partial charge is 0.303 e. The van der Waals surface area contributed by atoms with Crippen molar-refractivity contribution in [3.8, 4) is 11.5 Å². The maximum absolute atomic E-state index is 11.9. The molecular formula is C17H13ClN2O4. The number of benzene rings is 2. The van der Waals surface area contributed by atoms with E-state index in [2.05, 4.69) is 10.3 Å². The highest BCUT2D eigenvalue weighted by Gasteiger charge is 2.14. The van der Waals surface area contributed by atoms with Crippen LogP contribution in [0.1, 0.15) is 12.8 Å². The molecular weight excluding hydrogens is 332 g/mol. The summed E-state index contributed by atoms with van der Waals surface area (Å²) in [4.78, 5) is 26.8. The minimum absolute atomic E-state index is 0.104. The van der Waals surface area contributed by atoms with Gasteiger partial charge in [-0.25, -0.2) is 4.98 Å². The standard InChI is InChI=1S/C17H13ClN2O4/c18-10-5-6-14-13(9-10)20-17(24-14)11-3-1-2-4-12(11)19-15(21)7-8-16(22)23/h1-6,9H,7-8H2,(H,19,21)(H,22,23). The van der Waals surface area contributed by atoms with Gasteiger partial charge in [-0.3, -0.25) is 9.59 Å². The Kier molecular flexibility index (Phi) is 4.48. The largest absolute Gasteiger partial charge is 0.481 e. The quantitative estimate of drug-likeness (QED) is 0.731. The van der Waals surface area contributed by atoms with Gasteiger partial charge in [0.1, 0.15) is 5.52 Å². The number of anilines is 1. The maximum Gasteiger partial charge on any atom is 0.303 e. The zero-order valence-corrected chi connectivity index (χ0v) is 13.2. The van der Waals surface area contributed by atoms with E-state index in [4.69, 9.17) is 21.1 Å². The molecule has 1 aromatic heterocycles. The summed E-state index contributed by atoms with van der Waals surface area (Å²) in [5.74, 6) is -1.06. The second-order valence-corrected chi connectivity index (χ2v) is 5.55. The summed E-state index contributed by atoms with van der Waals surface area (Å²) in [7, 11) is 0. The predicted octanol–water partition coefficient (Wildman–Crippen LogP) is 3.95. The minimum atomic E-state index is -1.02. The molecule has 1 amide bonds. The Balaban J connectivity index is 1.90. The van der Waals surface area contributed by atoms with E-state index in [0.29, 0.717) is 33.3 Å². The van der Waals surface area contributed by atoms with E-state index in [0.717, 1.165) is 0 Å². The third-order valence-corrected chi connectivity index (χ3v) is 3.58. The summed E-state index contributed by atoms with van der Waals surface area (Å²) >= 11 is 5.95. The van der Waals surface area contributed by atoms with Gasteiger partial charge in [-0.05, 0) is 30.3 Å². The lowest BCUT2D eigenvalue weighted by atomic mass is 10.1. The molecule has 0 aliphatic rings. The van der Waals surface area contributed by atoms with E-state index < -0.39 is 5.97 Å². The number of amides is 1. The van der Waals surface area contributed by atoms with Crippen LogP contribution in [0.5, 0.6) is 0 Å². The van der Waals surface area contributed by atoms with Crippen molar-refractivity contribution in [1.29, 1.82) is 0 Å². The van der Waals surface area contributed by atoms with Crippen LogP contribution in [0.25, 0.3) is 22.6 Å². The number of nitrogens with one attached hydrogen (secondary N) is 1. The van der Waals surface area contributed by atoms with E-state index in [1.807, 2.05) is 0 Å². The Hall–Kier alpha value is -2.86. The first kappa shape index (κ1) is 16.0. The number of hydrogen-bond acceptors (Lipinski definition) is 4. The van der Waals surface area contributed by atoms with Gasteiger partial charge in [0.15, 0.2) is 5.58 Å². The summed E-state index contributed by atoms with van der Waals surface area (Å²) in [6.07, 6.45) is -0.331. The van der Waals surface area contributed by atoms with Gasteiger partial charge in [0.05, 0.1) is 17.7 Å². The summed E-state index contributed by atoms with van der Waals surface area (Å²) in [5, 5.41) is 11.9. The first-order valence-electron chi connectivity index (χ1n) is 7.20. The second-order valence-electron chi connectivity index (χ2n) is 5.12. The zero-order valence-electron chi connectivity index (χ0n) is 12.5. The molecule has 7 heteroatoms. The van der Waals surface area contributed by atoms with Crippen molar-refractivity contribution in [2.24, 2.45) is 0 Å². The number of carbonyl (C=O) groups is 2. The molecule has 0 radical (unpaired) electrons. The third kappa shape index (κ3) is 3.55. The molecule has 6 nitrogen and oxygen atoms in total. The number of nitrogens with zero attached hydrogens (tertiary/aromatic N) is 1. The normalized spacial score (nSPS) is 10.7. The van der Waals surface area contributed by atoms with Gasteiger partial charge in [0.2, 0.25) is 11.8 Å². The summed E-state index contributed by atoms with van der Waals surface area (Å²) in [5.41, 5.74) is 2.31. The average Bonchev–Trinajstić information content (AvgIpc) is 2.96. The fourth-order valence-electron chi connectivity index (χ4n) is 2.23. The summed E-state index contributed by atoms with van der Waals surface area (Å²) in [6, 6.07) is 12.1. The van der Waals surface area contributed by atoms with Gasteiger partial charge in [-0.15, -0.1) is 0 Å². The predicted molar refractivity (Wildman–Crippen MR) is 90.0 cm³/mol. The van der Waals surface area contributed by atoms with Crippen LogP contribution in [0.2, 0.25) is 5.02 Å². The van der Waals surface area contributed by atoms with Gasteiger partial charge < -0.3 is 14.8 Å². The van der Waals surface area contributed by atoms with E-state index in [9.17, 15) is 9.59 Å². The Morgan fingerprint density at radius 2 is 1.96 bits per heavy atom. The summed E-state index contributed by atoms with van der Waals surface area (Å²) < 4.78 is 5.71. The lowest BCUT2D eigenvalue weighted by molar-refractivity contribution is -0.138. The minimum Gasteiger partial charge on any atom is -0.481 e. The van der Waals surface area contributed by atoms with Crippen molar-refractivity contribution < 1.29 is 19.1 Å². The number of para-hydroxylation sites is 1. The first-order chi connectivity index (χ1) is 11.5. The van der Waals surface area contributed by atoms with Gasteiger partial charge in [-0.2, -0.15) is 0 Å². The maximum atomic E-state index is 11.9. The van der Waals surface area contributed by atoms with Crippen LogP contribution in [0.3, 0.4) is 0 Å². The van der Waals surface area contributed by atoms with Crippen LogP contribution in [0.4, 0.5) is 5.69 Å². The van der Waals surface area contributed by atoms with Crippen molar-refractivity contribution in [2.45, 2.75) is 12.8 Å². The Morgan fingerprint density at radius 3 is 2.75 bits per heavy atom. The van der Waals surface area contributed by atoms with Gasteiger partial charge in [0.25, 0.3) is 0 Å². The lowest BCUT2D eigenvalue weighted by Gasteiger charge is -2.08. The highest BCUT2D eigenvalue weighted by atomic mass is 35.5. The number of carboxylic acids is 1. The molecule has 0 atom stereocenters. The number of aromatic nitrogens is 1. The van der Waals surface area contributed by atoms with Crippen LogP contribution >= 0.6 is 11.6 Å². The number of rotatable bonds is 5. The molecule has 0 saturated carbocycles. The Bertz CT molecular complexity index is 920. The van der Waals surface area contributed by atoms with Gasteiger partial charge >= 0.3 is 5.97 Å². The molecule has 0 bridgehead atoms. The van der Waals surface area contributed by atoms with Gasteiger partial charge in [0, 0.05) is 11.4 Å². The molecule has 0 aliphatic carbocycles. The number of oxazole rings is 1. The molecule has 3 rings (SSSR count). The van der Waals surface area contributed by atoms with Crippen LogP contribution in [0.15, 0.2) is 46.9 Å². The molecule has 2 N–H and O–H groups in total. The van der Waals surface area contributed by atoms with Crippen molar-refractivity contribution in [3.63, 3.8) is 0 Å². The zero-order chi connectivity index (χ0) is 17.1. The fourth-order valence-corrected chi connectivity index (χ4v) is 2.39. The number of hydrogen-bond donors (Lipinski definition) is 2. The number of fused-ring (bicyclic) bond motifs is 1. The van der Waals surface area contributed by atoms with Crippen molar-refractivity contribution >= 4 is 40.3 Å². The van der Waals surface area contributed by atoms with Crippen LogP contribution in [0, 0.1) is 0 Å². The monoisotopic (exact) mass is 344 g/mol. The van der Waals surface area contributed by atoms with Crippen LogP contribution in [-0.4, -0.2) is 22.0 Å². The van der Waals surface area contributed by atoms with Crippen molar-refractivity contribution in [2.75, 3.05) is 5.32 Å². The van der Waals surface area contributed by atoms with Crippen molar-refractivity contribution in [3.05, 3.63) is 47.5 Å². The molecule has 122 valence electrons. The lowest BCUT2D eigenvalue weighted by Crippen LogP contribution is -2.13. The van der Waals surface area contributed by atoms with Crippen molar-refractivity contribution in [1.82, 2.24) is 4.98 Å². The molecule has 0 aliphatic heterocycles. The molecule has 0 fully saturated rings. The number of carbonyl (C=O) groups excluding carboxylic acids is 1. The first-order valence-corrected chi connectivity index (χ1v) is 7.58.